The maximum absolute atomic E-state index is 12.3. The van der Waals surface area contributed by atoms with Crippen LogP contribution in [-0.4, -0.2) is 40.7 Å². The standard InChI is InChI=1S/C24H27N5O2/c1-28(18-9-3-2-4-10-18)21(30)13-7-8-15-31-16-14-29-17-26-22-23(29)19-11-5-6-12-20(19)27-24(22)25/h2-6,9-12,17H,7-8,13-16H2,1H3,(H2,25,27). The number of fused-ring (bicyclic) bond motifs is 3. The predicted molar refractivity (Wildman–Crippen MR) is 124 cm³/mol. The number of nitrogens with zero attached hydrogens (tertiary/aromatic N) is 4. The Balaban J connectivity index is 1.24. The van der Waals surface area contributed by atoms with E-state index in [1.807, 2.05) is 61.6 Å². The molecule has 31 heavy (non-hydrogen) atoms. The summed E-state index contributed by atoms with van der Waals surface area (Å²) in [4.78, 5) is 22.9. The number of unbranched alkanes of at least 4 members (excludes halogenated alkanes) is 1. The highest BCUT2D eigenvalue weighted by Gasteiger charge is 2.12. The van der Waals surface area contributed by atoms with Gasteiger partial charge in [-0.3, -0.25) is 4.79 Å². The average molecular weight is 418 g/mol. The number of para-hydroxylation sites is 2. The molecule has 0 aliphatic rings. The normalized spacial score (nSPS) is 11.3. The molecule has 0 unspecified atom stereocenters. The number of hydrogen-bond acceptors (Lipinski definition) is 5. The second-order valence-corrected chi connectivity index (χ2v) is 7.51. The van der Waals surface area contributed by atoms with Crippen LogP contribution in [-0.2, 0) is 16.1 Å². The van der Waals surface area contributed by atoms with Gasteiger partial charge in [0, 0.05) is 37.7 Å². The fraction of sp³-hybridized carbons (Fsp3) is 0.292. The zero-order valence-electron chi connectivity index (χ0n) is 17.7. The number of nitrogens with two attached hydrogens (primary N) is 1. The lowest BCUT2D eigenvalue weighted by molar-refractivity contribution is -0.118. The second kappa shape index (κ2) is 9.57. The minimum absolute atomic E-state index is 0.120. The number of pyridine rings is 1. The lowest BCUT2D eigenvalue weighted by atomic mass is 10.2. The number of nitrogen functional groups attached to an aromatic ring is 1. The molecule has 2 N–H and O–H groups in total. The molecule has 2 aromatic carbocycles. The molecule has 2 aromatic heterocycles. The molecule has 0 spiro atoms. The van der Waals surface area contributed by atoms with E-state index in [9.17, 15) is 4.79 Å². The van der Waals surface area contributed by atoms with E-state index < -0.39 is 0 Å². The highest BCUT2D eigenvalue weighted by Crippen LogP contribution is 2.26. The fourth-order valence-corrected chi connectivity index (χ4v) is 3.68. The van der Waals surface area contributed by atoms with Crippen molar-refractivity contribution in [3.8, 4) is 0 Å². The molecule has 0 radical (unpaired) electrons. The topological polar surface area (TPSA) is 86.3 Å². The highest BCUT2D eigenvalue weighted by atomic mass is 16.5. The number of aromatic nitrogens is 3. The third-order valence-corrected chi connectivity index (χ3v) is 5.40. The van der Waals surface area contributed by atoms with Gasteiger partial charge >= 0.3 is 0 Å². The Bertz CT molecular complexity index is 1170. The molecule has 0 aliphatic heterocycles. The van der Waals surface area contributed by atoms with Gasteiger partial charge < -0.3 is 19.9 Å². The Morgan fingerprint density at radius 2 is 1.84 bits per heavy atom. The van der Waals surface area contributed by atoms with Crippen LogP contribution in [0.15, 0.2) is 60.9 Å². The quantitative estimate of drug-likeness (QED) is 0.416. The van der Waals surface area contributed by atoms with Crippen LogP contribution in [0.25, 0.3) is 21.9 Å². The Hall–Kier alpha value is -3.45. The van der Waals surface area contributed by atoms with Gasteiger partial charge in [-0.15, -0.1) is 0 Å². The number of hydrogen-bond donors (Lipinski definition) is 1. The number of ether oxygens (including phenoxy) is 1. The molecule has 7 nitrogen and oxygen atoms in total. The first-order valence-corrected chi connectivity index (χ1v) is 10.5. The second-order valence-electron chi connectivity index (χ2n) is 7.51. The molecule has 160 valence electrons. The Morgan fingerprint density at radius 3 is 2.68 bits per heavy atom. The lowest BCUT2D eigenvalue weighted by Crippen LogP contribution is -2.25. The van der Waals surface area contributed by atoms with Crippen LogP contribution in [0.5, 0.6) is 0 Å². The van der Waals surface area contributed by atoms with Crippen LogP contribution in [0.4, 0.5) is 11.5 Å². The third kappa shape index (κ3) is 4.67. The first-order valence-electron chi connectivity index (χ1n) is 10.5. The molecule has 1 amide bonds. The molecule has 0 atom stereocenters. The Morgan fingerprint density at radius 1 is 1.06 bits per heavy atom. The average Bonchev–Trinajstić information content (AvgIpc) is 3.23. The molecule has 4 aromatic rings. The molecule has 4 rings (SSSR count). The van der Waals surface area contributed by atoms with Gasteiger partial charge in [-0.05, 0) is 31.0 Å². The van der Waals surface area contributed by atoms with E-state index in [1.165, 1.54) is 0 Å². The van der Waals surface area contributed by atoms with Gasteiger partial charge in [-0.2, -0.15) is 0 Å². The number of amides is 1. The smallest absolute Gasteiger partial charge is 0.226 e. The Labute approximate surface area is 181 Å². The van der Waals surface area contributed by atoms with E-state index in [-0.39, 0.29) is 5.91 Å². The first kappa shape index (κ1) is 20.8. The molecule has 0 saturated heterocycles. The van der Waals surface area contributed by atoms with E-state index in [0.29, 0.717) is 32.0 Å². The van der Waals surface area contributed by atoms with Gasteiger partial charge in [0.15, 0.2) is 5.82 Å². The summed E-state index contributed by atoms with van der Waals surface area (Å²) in [6.45, 7) is 1.87. The molecule has 0 bridgehead atoms. The highest BCUT2D eigenvalue weighted by molar-refractivity contribution is 6.06. The first-order chi connectivity index (χ1) is 15.1. The Kier molecular flexibility index (Phi) is 6.43. The summed E-state index contributed by atoms with van der Waals surface area (Å²) in [5.74, 6) is 0.563. The fourth-order valence-electron chi connectivity index (χ4n) is 3.68. The maximum atomic E-state index is 12.3. The van der Waals surface area contributed by atoms with E-state index in [0.717, 1.165) is 40.5 Å². The SMILES string of the molecule is CN(C(=O)CCCCOCCn1cnc2c(N)nc3ccccc3c21)c1ccccc1. The molecule has 2 heterocycles. The van der Waals surface area contributed by atoms with Crippen molar-refractivity contribution in [1.29, 1.82) is 0 Å². The predicted octanol–water partition coefficient (Wildman–Crippen LogP) is 4.02. The van der Waals surface area contributed by atoms with Crippen LogP contribution < -0.4 is 10.6 Å². The van der Waals surface area contributed by atoms with Crippen molar-refractivity contribution in [2.45, 2.75) is 25.8 Å². The van der Waals surface area contributed by atoms with Crippen molar-refractivity contribution in [2.24, 2.45) is 0 Å². The minimum atomic E-state index is 0.120. The zero-order valence-corrected chi connectivity index (χ0v) is 17.7. The van der Waals surface area contributed by atoms with Gasteiger partial charge in [0.25, 0.3) is 0 Å². The van der Waals surface area contributed by atoms with Gasteiger partial charge in [0.05, 0.1) is 24.0 Å². The molecule has 0 saturated carbocycles. The van der Waals surface area contributed by atoms with Crippen molar-refractivity contribution in [1.82, 2.24) is 14.5 Å². The number of carbonyl (C=O) groups is 1. The van der Waals surface area contributed by atoms with Gasteiger partial charge in [0.2, 0.25) is 5.91 Å². The summed E-state index contributed by atoms with van der Waals surface area (Å²) in [6, 6.07) is 17.6. The number of imidazole rings is 1. The van der Waals surface area contributed by atoms with Crippen molar-refractivity contribution in [2.75, 3.05) is 30.9 Å². The van der Waals surface area contributed by atoms with Crippen molar-refractivity contribution in [3.05, 3.63) is 60.9 Å². The molecular weight excluding hydrogens is 390 g/mol. The van der Waals surface area contributed by atoms with Crippen molar-refractivity contribution in [3.63, 3.8) is 0 Å². The summed E-state index contributed by atoms with van der Waals surface area (Å²) < 4.78 is 7.87. The molecule has 7 heteroatoms. The number of rotatable bonds is 9. The van der Waals surface area contributed by atoms with E-state index in [4.69, 9.17) is 10.5 Å². The largest absolute Gasteiger partial charge is 0.382 e. The number of anilines is 2. The summed E-state index contributed by atoms with van der Waals surface area (Å²) >= 11 is 0. The van der Waals surface area contributed by atoms with E-state index in [1.54, 1.807) is 11.2 Å². The van der Waals surface area contributed by atoms with Crippen molar-refractivity contribution < 1.29 is 9.53 Å². The third-order valence-electron chi connectivity index (χ3n) is 5.40. The van der Waals surface area contributed by atoms with E-state index in [2.05, 4.69) is 14.5 Å². The molecular formula is C24H27N5O2. The van der Waals surface area contributed by atoms with Crippen LogP contribution in [0.2, 0.25) is 0 Å². The summed E-state index contributed by atoms with van der Waals surface area (Å²) in [5, 5.41) is 1.03. The maximum Gasteiger partial charge on any atom is 0.226 e. The van der Waals surface area contributed by atoms with Crippen LogP contribution in [0.1, 0.15) is 19.3 Å². The lowest BCUT2D eigenvalue weighted by Gasteiger charge is -2.17. The summed E-state index contributed by atoms with van der Waals surface area (Å²) in [5.41, 5.74) is 9.57. The monoisotopic (exact) mass is 417 g/mol. The molecule has 0 fully saturated rings. The van der Waals surface area contributed by atoms with Gasteiger partial charge in [-0.1, -0.05) is 36.4 Å². The zero-order chi connectivity index (χ0) is 21.6. The number of carbonyl (C=O) groups excluding carboxylic acids is 1. The van der Waals surface area contributed by atoms with Crippen LogP contribution >= 0.6 is 0 Å². The van der Waals surface area contributed by atoms with Gasteiger partial charge in [0.1, 0.15) is 5.52 Å². The van der Waals surface area contributed by atoms with Crippen LogP contribution in [0.3, 0.4) is 0 Å². The summed E-state index contributed by atoms with van der Waals surface area (Å²) in [6.07, 6.45) is 3.95. The summed E-state index contributed by atoms with van der Waals surface area (Å²) in [7, 11) is 1.82. The van der Waals surface area contributed by atoms with Crippen molar-refractivity contribution >= 4 is 39.3 Å². The molecule has 0 aliphatic carbocycles. The minimum Gasteiger partial charge on any atom is -0.382 e. The van der Waals surface area contributed by atoms with Crippen LogP contribution in [0, 0.1) is 0 Å². The number of benzene rings is 2. The van der Waals surface area contributed by atoms with Gasteiger partial charge in [-0.25, -0.2) is 9.97 Å². The van der Waals surface area contributed by atoms with E-state index >= 15 is 0 Å².